The van der Waals surface area contributed by atoms with Gasteiger partial charge in [0.05, 0.1) is 10.2 Å². The van der Waals surface area contributed by atoms with Crippen LogP contribution in [0.3, 0.4) is 0 Å². The molecule has 0 aliphatic rings. The van der Waals surface area contributed by atoms with Gasteiger partial charge in [-0.3, -0.25) is 0 Å². The lowest BCUT2D eigenvalue weighted by Gasteiger charge is -2.09. The molecule has 3 aromatic rings. The minimum Gasteiger partial charge on any atom is -0.324 e. The van der Waals surface area contributed by atoms with Crippen LogP contribution in [0.4, 0.5) is 0 Å². The number of para-hydroxylation sites is 1. The Hall–Kier alpha value is -1.36. The van der Waals surface area contributed by atoms with Gasteiger partial charge in [0, 0.05) is 10.9 Å². The minimum absolute atomic E-state index is 0.136. The molecule has 4 heteroatoms. The standard InChI is InChI=1S/C16H16N2S2/c1-2-13(17)11-7-9-12(10-8-11)19-16-18-14-5-3-4-6-15(14)20-16/h3-10,13H,2,17H2,1H3/t13-/m0/s1. The van der Waals surface area contributed by atoms with Crippen molar-refractivity contribution in [3.8, 4) is 0 Å². The molecule has 1 aromatic heterocycles. The summed E-state index contributed by atoms with van der Waals surface area (Å²) in [6, 6.07) is 16.9. The zero-order valence-electron chi connectivity index (χ0n) is 11.2. The van der Waals surface area contributed by atoms with Gasteiger partial charge in [-0.1, -0.05) is 43.0 Å². The number of nitrogens with zero attached hydrogens (tertiary/aromatic N) is 1. The fraction of sp³-hybridized carbons (Fsp3) is 0.188. The molecule has 0 unspecified atom stereocenters. The summed E-state index contributed by atoms with van der Waals surface area (Å²) >= 11 is 3.44. The molecular weight excluding hydrogens is 284 g/mol. The van der Waals surface area contributed by atoms with E-state index in [-0.39, 0.29) is 6.04 Å². The van der Waals surface area contributed by atoms with Gasteiger partial charge in [-0.05, 0) is 36.2 Å². The Morgan fingerprint density at radius 1 is 1.15 bits per heavy atom. The molecule has 2 aromatic carbocycles. The summed E-state index contributed by atoms with van der Waals surface area (Å²) in [5, 5.41) is 0. The molecule has 2 N–H and O–H groups in total. The fourth-order valence-electron chi connectivity index (χ4n) is 2.01. The third kappa shape index (κ3) is 2.87. The first kappa shape index (κ1) is 13.6. The van der Waals surface area contributed by atoms with Crippen molar-refractivity contribution >= 4 is 33.3 Å². The van der Waals surface area contributed by atoms with Crippen molar-refractivity contribution < 1.29 is 0 Å². The Bertz CT molecular complexity index is 671. The van der Waals surface area contributed by atoms with E-state index < -0.39 is 0 Å². The van der Waals surface area contributed by atoms with Gasteiger partial charge < -0.3 is 5.73 Å². The maximum atomic E-state index is 6.03. The van der Waals surface area contributed by atoms with Gasteiger partial charge in [0.15, 0.2) is 4.34 Å². The lowest BCUT2D eigenvalue weighted by Crippen LogP contribution is -2.07. The molecule has 0 aliphatic carbocycles. The third-order valence-electron chi connectivity index (χ3n) is 3.23. The molecule has 3 rings (SSSR count). The molecule has 0 aliphatic heterocycles. The van der Waals surface area contributed by atoms with Crippen molar-refractivity contribution in [2.45, 2.75) is 28.6 Å². The van der Waals surface area contributed by atoms with Crippen LogP contribution in [0.5, 0.6) is 0 Å². The van der Waals surface area contributed by atoms with E-state index in [1.165, 1.54) is 15.2 Å². The number of hydrogen-bond acceptors (Lipinski definition) is 4. The summed E-state index contributed by atoms with van der Waals surface area (Å²) in [4.78, 5) is 5.84. The van der Waals surface area contributed by atoms with Crippen molar-refractivity contribution in [1.29, 1.82) is 0 Å². The first-order chi connectivity index (χ1) is 9.76. The average molecular weight is 300 g/mol. The molecule has 102 valence electrons. The lowest BCUT2D eigenvalue weighted by molar-refractivity contribution is 0.698. The highest BCUT2D eigenvalue weighted by Crippen LogP contribution is 2.34. The number of benzene rings is 2. The first-order valence-corrected chi connectivity index (χ1v) is 8.28. The summed E-state index contributed by atoms with van der Waals surface area (Å²) in [5.41, 5.74) is 8.30. The van der Waals surface area contributed by atoms with Crippen LogP contribution in [-0.4, -0.2) is 4.98 Å². The summed E-state index contributed by atoms with van der Waals surface area (Å²) in [5.74, 6) is 0. The summed E-state index contributed by atoms with van der Waals surface area (Å²) in [6.45, 7) is 2.11. The lowest BCUT2D eigenvalue weighted by atomic mass is 10.1. The monoisotopic (exact) mass is 300 g/mol. The number of thiazole rings is 1. The quantitative estimate of drug-likeness (QED) is 0.748. The van der Waals surface area contributed by atoms with Gasteiger partial charge in [-0.15, -0.1) is 11.3 Å². The highest BCUT2D eigenvalue weighted by atomic mass is 32.2. The molecule has 2 nitrogen and oxygen atoms in total. The molecule has 0 radical (unpaired) electrons. The second-order valence-electron chi connectivity index (χ2n) is 4.63. The van der Waals surface area contributed by atoms with Crippen molar-refractivity contribution in [1.82, 2.24) is 4.98 Å². The van der Waals surface area contributed by atoms with Gasteiger partial charge in [0.1, 0.15) is 0 Å². The van der Waals surface area contributed by atoms with Gasteiger partial charge in [0.2, 0.25) is 0 Å². The number of rotatable bonds is 4. The molecule has 0 spiro atoms. The molecule has 0 fully saturated rings. The third-order valence-corrected chi connectivity index (χ3v) is 5.33. The van der Waals surface area contributed by atoms with Crippen molar-refractivity contribution in [3.63, 3.8) is 0 Å². The number of fused-ring (bicyclic) bond motifs is 1. The van der Waals surface area contributed by atoms with Crippen LogP contribution in [0.15, 0.2) is 57.8 Å². The SMILES string of the molecule is CC[C@H](N)c1ccc(Sc2nc3ccccc3s2)cc1. The maximum absolute atomic E-state index is 6.03. The molecule has 0 bridgehead atoms. The maximum Gasteiger partial charge on any atom is 0.155 e. The second-order valence-corrected chi connectivity index (χ2v) is 6.98. The van der Waals surface area contributed by atoms with Gasteiger partial charge >= 0.3 is 0 Å². The Kier molecular flexibility index (Phi) is 4.05. The zero-order valence-corrected chi connectivity index (χ0v) is 12.9. The van der Waals surface area contributed by atoms with E-state index in [2.05, 4.69) is 54.4 Å². The van der Waals surface area contributed by atoms with E-state index in [0.29, 0.717) is 0 Å². The predicted octanol–water partition coefficient (Wildman–Crippen LogP) is 4.86. The van der Waals surface area contributed by atoms with Crippen LogP contribution in [0.2, 0.25) is 0 Å². The Balaban J connectivity index is 1.80. The molecule has 20 heavy (non-hydrogen) atoms. The van der Waals surface area contributed by atoms with Crippen LogP contribution in [0, 0.1) is 0 Å². The van der Waals surface area contributed by atoms with Crippen LogP contribution >= 0.6 is 23.1 Å². The van der Waals surface area contributed by atoms with Crippen LogP contribution in [0.25, 0.3) is 10.2 Å². The Morgan fingerprint density at radius 3 is 2.60 bits per heavy atom. The minimum atomic E-state index is 0.136. The highest BCUT2D eigenvalue weighted by Gasteiger charge is 2.06. The van der Waals surface area contributed by atoms with Crippen LogP contribution < -0.4 is 5.73 Å². The van der Waals surface area contributed by atoms with E-state index in [1.54, 1.807) is 23.1 Å². The van der Waals surface area contributed by atoms with E-state index in [9.17, 15) is 0 Å². The number of aromatic nitrogens is 1. The van der Waals surface area contributed by atoms with E-state index in [4.69, 9.17) is 5.73 Å². The molecule has 1 atom stereocenters. The zero-order chi connectivity index (χ0) is 13.9. The summed E-state index contributed by atoms with van der Waals surface area (Å²) < 4.78 is 2.32. The Morgan fingerprint density at radius 2 is 1.90 bits per heavy atom. The van der Waals surface area contributed by atoms with Gasteiger partial charge in [-0.2, -0.15) is 0 Å². The number of hydrogen-bond donors (Lipinski definition) is 1. The summed E-state index contributed by atoms with van der Waals surface area (Å²) in [7, 11) is 0. The molecular formula is C16H16N2S2. The fourth-order valence-corrected chi connectivity index (χ4v) is 4.05. The predicted molar refractivity (Wildman–Crippen MR) is 87.4 cm³/mol. The second kappa shape index (κ2) is 5.95. The van der Waals surface area contributed by atoms with Crippen LogP contribution in [0.1, 0.15) is 24.9 Å². The summed E-state index contributed by atoms with van der Waals surface area (Å²) in [6.07, 6.45) is 0.963. The van der Waals surface area contributed by atoms with Crippen molar-refractivity contribution in [2.75, 3.05) is 0 Å². The largest absolute Gasteiger partial charge is 0.324 e. The van der Waals surface area contributed by atoms with E-state index in [1.807, 2.05) is 6.07 Å². The topological polar surface area (TPSA) is 38.9 Å². The van der Waals surface area contributed by atoms with Gasteiger partial charge in [-0.25, -0.2) is 4.98 Å². The smallest absolute Gasteiger partial charge is 0.155 e. The molecule has 0 saturated heterocycles. The average Bonchev–Trinajstić information content (AvgIpc) is 2.89. The Labute approximate surface area is 127 Å². The molecule has 1 heterocycles. The first-order valence-electron chi connectivity index (χ1n) is 6.65. The molecule has 0 saturated carbocycles. The van der Waals surface area contributed by atoms with Crippen molar-refractivity contribution in [3.05, 3.63) is 54.1 Å². The molecule has 0 amide bonds. The van der Waals surface area contributed by atoms with E-state index >= 15 is 0 Å². The normalized spacial score (nSPS) is 12.7. The highest BCUT2D eigenvalue weighted by molar-refractivity contribution is 8.01. The van der Waals surface area contributed by atoms with Gasteiger partial charge in [0.25, 0.3) is 0 Å². The van der Waals surface area contributed by atoms with Crippen LogP contribution in [-0.2, 0) is 0 Å². The number of nitrogens with two attached hydrogens (primary N) is 1. The van der Waals surface area contributed by atoms with E-state index in [0.717, 1.165) is 16.3 Å². The van der Waals surface area contributed by atoms with Crippen molar-refractivity contribution in [2.24, 2.45) is 5.73 Å².